The number of rotatable bonds is 6. The molecule has 2 N–H and O–H groups in total. The maximum Gasteiger partial charge on any atom is 0.416 e. The molecule has 1 aliphatic rings. The Kier molecular flexibility index (Phi) is 6.42. The number of anilines is 2. The lowest BCUT2D eigenvalue weighted by atomic mass is 10.2. The summed E-state index contributed by atoms with van der Waals surface area (Å²) < 4.78 is 43.0. The summed E-state index contributed by atoms with van der Waals surface area (Å²) in [6.45, 7) is 4.35. The van der Waals surface area contributed by atoms with Gasteiger partial charge in [0.15, 0.2) is 0 Å². The van der Waals surface area contributed by atoms with E-state index in [9.17, 15) is 18.0 Å². The van der Waals surface area contributed by atoms with E-state index in [0.717, 1.165) is 31.8 Å². The highest BCUT2D eigenvalue weighted by Crippen LogP contribution is 2.30. The highest BCUT2D eigenvalue weighted by Gasteiger charge is 2.29. The molecular weight excluding hydrogens is 375 g/mol. The third kappa shape index (κ3) is 5.64. The molecule has 1 aromatic carbocycles. The topological polar surface area (TPSA) is 79.4 Å². The molecule has 10 heteroatoms. The second-order valence-corrected chi connectivity index (χ2v) is 6.21. The lowest BCUT2D eigenvalue weighted by molar-refractivity contribution is -0.137. The second kappa shape index (κ2) is 8.98. The highest BCUT2D eigenvalue weighted by molar-refractivity contribution is 5.93. The van der Waals surface area contributed by atoms with Gasteiger partial charge < -0.3 is 15.4 Å². The Morgan fingerprint density at radius 3 is 2.36 bits per heavy atom. The van der Waals surface area contributed by atoms with Gasteiger partial charge in [-0.25, -0.2) is 9.97 Å². The molecule has 2 aromatic rings. The standard InChI is InChI=1S/C18H20F3N5O2/c19-18(20,21)14-1-3-15(4-2-14)25-17-23-11-13(12-24-17)16(27)22-5-6-26-7-9-28-10-8-26/h1-4,11-12H,5-10H2,(H,22,27)(H,23,24,25). The van der Waals surface area contributed by atoms with Crippen LogP contribution in [0.25, 0.3) is 0 Å². The van der Waals surface area contributed by atoms with Gasteiger partial charge in [-0.2, -0.15) is 13.2 Å². The molecule has 28 heavy (non-hydrogen) atoms. The van der Waals surface area contributed by atoms with Crippen LogP contribution < -0.4 is 10.6 Å². The molecule has 1 amide bonds. The molecule has 0 aliphatic carbocycles. The maximum atomic E-state index is 12.6. The normalized spacial score (nSPS) is 15.2. The molecule has 1 fully saturated rings. The molecule has 2 heterocycles. The van der Waals surface area contributed by atoms with Crippen molar-refractivity contribution in [3.05, 3.63) is 47.8 Å². The van der Waals surface area contributed by atoms with E-state index in [4.69, 9.17) is 4.74 Å². The van der Waals surface area contributed by atoms with Gasteiger partial charge in [0.2, 0.25) is 5.95 Å². The first-order valence-electron chi connectivity index (χ1n) is 8.76. The Morgan fingerprint density at radius 2 is 1.75 bits per heavy atom. The average molecular weight is 395 g/mol. The van der Waals surface area contributed by atoms with E-state index in [0.29, 0.717) is 31.0 Å². The third-order valence-electron chi connectivity index (χ3n) is 4.20. The first-order valence-corrected chi connectivity index (χ1v) is 8.76. The first kappa shape index (κ1) is 20.0. The van der Waals surface area contributed by atoms with Crippen molar-refractivity contribution >= 4 is 17.5 Å². The molecule has 0 bridgehead atoms. The number of nitrogens with zero attached hydrogens (tertiary/aromatic N) is 3. The third-order valence-corrected chi connectivity index (χ3v) is 4.20. The molecule has 150 valence electrons. The Bertz CT molecular complexity index is 775. The van der Waals surface area contributed by atoms with Gasteiger partial charge in [0.05, 0.1) is 24.3 Å². The summed E-state index contributed by atoms with van der Waals surface area (Å²) in [7, 11) is 0. The minimum atomic E-state index is -4.38. The molecule has 1 aromatic heterocycles. The number of benzene rings is 1. The molecule has 1 aliphatic heterocycles. The van der Waals surface area contributed by atoms with Gasteiger partial charge >= 0.3 is 6.18 Å². The quantitative estimate of drug-likeness (QED) is 0.782. The van der Waals surface area contributed by atoms with Crippen LogP contribution in [0.3, 0.4) is 0 Å². The van der Waals surface area contributed by atoms with Gasteiger partial charge in [-0.1, -0.05) is 0 Å². The lowest BCUT2D eigenvalue weighted by Crippen LogP contribution is -2.41. The fourth-order valence-electron chi connectivity index (χ4n) is 2.64. The van der Waals surface area contributed by atoms with Crippen molar-refractivity contribution in [2.24, 2.45) is 0 Å². The van der Waals surface area contributed by atoms with Crippen molar-refractivity contribution < 1.29 is 22.7 Å². The number of alkyl halides is 3. The molecule has 1 saturated heterocycles. The molecule has 0 atom stereocenters. The Morgan fingerprint density at radius 1 is 1.11 bits per heavy atom. The number of hydrogen-bond donors (Lipinski definition) is 2. The lowest BCUT2D eigenvalue weighted by Gasteiger charge is -2.26. The largest absolute Gasteiger partial charge is 0.416 e. The Hall–Kier alpha value is -2.72. The van der Waals surface area contributed by atoms with Crippen LogP contribution in [0.5, 0.6) is 0 Å². The maximum absolute atomic E-state index is 12.6. The molecule has 0 spiro atoms. The fraction of sp³-hybridized carbons (Fsp3) is 0.389. The molecule has 0 saturated carbocycles. The predicted molar refractivity (Wildman–Crippen MR) is 96.4 cm³/mol. The van der Waals surface area contributed by atoms with E-state index in [2.05, 4.69) is 25.5 Å². The van der Waals surface area contributed by atoms with Crippen LogP contribution in [-0.4, -0.2) is 60.2 Å². The van der Waals surface area contributed by atoms with E-state index < -0.39 is 11.7 Å². The van der Waals surface area contributed by atoms with E-state index >= 15 is 0 Å². The zero-order valence-corrected chi connectivity index (χ0v) is 15.0. The number of nitrogens with one attached hydrogen (secondary N) is 2. The van der Waals surface area contributed by atoms with Crippen molar-refractivity contribution in [1.29, 1.82) is 0 Å². The number of hydrogen-bond acceptors (Lipinski definition) is 6. The fourth-order valence-corrected chi connectivity index (χ4v) is 2.64. The van der Waals surface area contributed by atoms with Gasteiger partial charge in [0, 0.05) is 44.3 Å². The van der Waals surface area contributed by atoms with Crippen molar-refractivity contribution in [2.45, 2.75) is 6.18 Å². The summed E-state index contributed by atoms with van der Waals surface area (Å²) in [5.74, 6) is -0.0982. The van der Waals surface area contributed by atoms with Crippen molar-refractivity contribution in [3.63, 3.8) is 0 Å². The summed E-state index contributed by atoms with van der Waals surface area (Å²) in [6, 6.07) is 4.52. The number of carbonyl (C=O) groups excluding carboxylic acids is 1. The number of halogens is 3. The minimum Gasteiger partial charge on any atom is -0.379 e. The summed E-state index contributed by atoms with van der Waals surface area (Å²) in [4.78, 5) is 22.4. The van der Waals surface area contributed by atoms with Gasteiger partial charge in [-0.15, -0.1) is 0 Å². The second-order valence-electron chi connectivity index (χ2n) is 6.21. The van der Waals surface area contributed by atoms with Gasteiger partial charge in [-0.3, -0.25) is 9.69 Å². The zero-order valence-electron chi connectivity index (χ0n) is 15.0. The molecule has 7 nitrogen and oxygen atoms in total. The average Bonchev–Trinajstić information content (AvgIpc) is 2.69. The Labute approximate surface area is 159 Å². The summed E-state index contributed by atoms with van der Waals surface area (Å²) >= 11 is 0. The molecule has 0 radical (unpaired) electrons. The highest BCUT2D eigenvalue weighted by atomic mass is 19.4. The van der Waals surface area contributed by atoms with Crippen LogP contribution >= 0.6 is 0 Å². The van der Waals surface area contributed by atoms with Crippen LogP contribution in [0.4, 0.5) is 24.8 Å². The van der Waals surface area contributed by atoms with Crippen molar-refractivity contribution in [2.75, 3.05) is 44.7 Å². The monoisotopic (exact) mass is 395 g/mol. The van der Waals surface area contributed by atoms with Crippen LogP contribution in [0, 0.1) is 0 Å². The zero-order chi connectivity index (χ0) is 20.0. The first-order chi connectivity index (χ1) is 13.4. The SMILES string of the molecule is O=C(NCCN1CCOCC1)c1cnc(Nc2ccc(C(F)(F)F)cc2)nc1. The number of amides is 1. The van der Waals surface area contributed by atoms with Crippen molar-refractivity contribution in [1.82, 2.24) is 20.2 Å². The van der Waals surface area contributed by atoms with Gasteiger partial charge in [-0.05, 0) is 24.3 Å². The van der Waals surface area contributed by atoms with Crippen molar-refractivity contribution in [3.8, 4) is 0 Å². The van der Waals surface area contributed by atoms with E-state index in [1.807, 2.05) is 0 Å². The number of ether oxygens (including phenoxy) is 1. The van der Waals surface area contributed by atoms with E-state index in [1.165, 1.54) is 24.5 Å². The van der Waals surface area contributed by atoms with E-state index in [-0.39, 0.29) is 11.9 Å². The summed E-state index contributed by atoms with van der Waals surface area (Å²) in [6.07, 6.45) is -1.65. The Balaban J connectivity index is 1.49. The van der Waals surface area contributed by atoms with Crippen LogP contribution in [0.1, 0.15) is 15.9 Å². The summed E-state index contributed by atoms with van der Waals surface area (Å²) in [5.41, 5.74) is -0.0151. The minimum absolute atomic E-state index is 0.185. The number of carbonyl (C=O) groups is 1. The van der Waals surface area contributed by atoms with Crippen LogP contribution in [0.15, 0.2) is 36.7 Å². The predicted octanol–water partition coefficient (Wildman–Crippen LogP) is 2.30. The molecule has 0 unspecified atom stereocenters. The molecule has 3 rings (SSSR count). The number of morpholine rings is 1. The van der Waals surface area contributed by atoms with E-state index in [1.54, 1.807) is 0 Å². The van der Waals surface area contributed by atoms with Gasteiger partial charge in [0.1, 0.15) is 0 Å². The smallest absolute Gasteiger partial charge is 0.379 e. The van der Waals surface area contributed by atoms with Crippen LogP contribution in [0.2, 0.25) is 0 Å². The number of aromatic nitrogens is 2. The summed E-state index contributed by atoms with van der Waals surface area (Å²) in [5, 5.41) is 5.60. The van der Waals surface area contributed by atoms with Gasteiger partial charge in [0.25, 0.3) is 5.91 Å². The van der Waals surface area contributed by atoms with Crippen LogP contribution in [-0.2, 0) is 10.9 Å². The molecular formula is C18H20F3N5O2.